The van der Waals surface area contributed by atoms with Gasteiger partial charge in [0.05, 0.1) is 18.6 Å². The highest BCUT2D eigenvalue weighted by molar-refractivity contribution is 5.82. The van der Waals surface area contributed by atoms with Crippen molar-refractivity contribution in [3.63, 3.8) is 0 Å². The van der Waals surface area contributed by atoms with E-state index >= 15 is 0 Å². The predicted octanol–water partition coefficient (Wildman–Crippen LogP) is -2.00. The first-order valence-corrected chi connectivity index (χ1v) is 4.47. The molecule has 1 atom stereocenters. The van der Waals surface area contributed by atoms with Gasteiger partial charge in [0.1, 0.15) is 0 Å². The van der Waals surface area contributed by atoms with Crippen LogP contribution in [0.5, 0.6) is 0 Å². The monoisotopic (exact) mass is 233 g/mol. The number of aliphatic hydroxyl groups is 1. The van der Waals surface area contributed by atoms with Crippen LogP contribution in [0.2, 0.25) is 0 Å². The molecule has 0 fully saturated rings. The molecule has 0 heterocycles. The molecule has 0 aliphatic heterocycles. The quantitative estimate of drug-likeness (QED) is 0.360. The van der Waals surface area contributed by atoms with Gasteiger partial charge in [0, 0.05) is 6.54 Å². The Morgan fingerprint density at radius 1 is 1.31 bits per heavy atom. The van der Waals surface area contributed by atoms with Crippen LogP contribution in [0.15, 0.2) is 0 Å². The van der Waals surface area contributed by atoms with Crippen molar-refractivity contribution >= 4 is 17.9 Å². The molecule has 0 aliphatic carbocycles. The zero-order valence-corrected chi connectivity index (χ0v) is 8.82. The summed E-state index contributed by atoms with van der Waals surface area (Å²) in [5.74, 6) is -1.88. The summed E-state index contributed by atoms with van der Waals surface area (Å²) in [6, 6.07) is -0.704. The fraction of sp³-hybridized carbons (Fsp3) is 0.625. The van der Waals surface area contributed by atoms with Gasteiger partial charge >= 0.3 is 12.0 Å². The number of hydrogen-bond acceptors (Lipinski definition) is 4. The minimum absolute atomic E-state index is 0.246. The van der Waals surface area contributed by atoms with E-state index < -0.39 is 29.9 Å². The third kappa shape index (κ3) is 7.56. The second-order valence-corrected chi connectivity index (χ2v) is 3.57. The lowest BCUT2D eigenvalue weighted by Gasteiger charge is -2.21. The first kappa shape index (κ1) is 14.2. The number of carbonyl (C=O) groups is 3. The summed E-state index contributed by atoms with van der Waals surface area (Å²) >= 11 is 0. The van der Waals surface area contributed by atoms with Crippen LogP contribution in [0.25, 0.3) is 0 Å². The number of carboxylic acids is 1. The van der Waals surface area contributed by atoms with E-state index in [4.69, 9.17) is 10.8 Å². The van der Waals surface area contributed by atoms with Crippen LogP contribution in [0.3, 0.4) is 0 Å². The molecule has 92 valence electrons. The van der Waals surface area contributed by atoms with Crippen molar-refractivity contribution in [3.05, 3.63) is 0 Å². The van der Waals surface area contributed by atoms with Crippen molar-refractivity contribution in [2.24, 2.45) is 5.73 Å². The van der Waals surface area contributed by atoms with Crippen LogP contribution in [0.1, 0.15) is 13.3 Å². The molecule has 0 aromatic rings. The minimum Gasteiger partial charge on any atom is -0.481 e. The van der Waals surface area contributed by atoms with Crippen LogP contribution in [-0.4, -0.2) is 46.8 Å². The Hall–Kier alpha value is -1.83. The third-order valence-electron chi connectivity index (χ3n) is 1.59. The molecule has 3 amide bonds. The number of hydrogen-bond donors (Lipinski definition) is 5. The van der Waals surface area contributed by atoms with E-state index in [-0.39, 0.29) is 13.1 Å². The topological polar surface area (TPSA) is 142 Å². The molecule has 16 heavy (non-hydrogen) atoms. The van der Waals surface area contributed by atoms with Crippen molar-refractivity contribution in [2.45, 2.75) is 18.9 Å². The molecule has 0 saturated heterocycles. The average molecular weight is 233 g/mol. The number of rotatable bonds is 6. The van der Waals surface area contributed by atoms with Crippen molar-refractivity contribution in [1.82, 2.24) is 10.6 Å². The summed E-state index contributed by atoms with van der Waals surface area (Å²) in [7, 11) is 0. The Morgan fingerprint density at radius 3 is 2.31 bits per heavy atom. The van der Waals surface area contributed by atoms with Crippen LogP contribution in [0, 0.1) is 0 Å². The minimum atomic E-state index is -1.55. The van der Waals surface area contributed by atoms with Gasteiger partial charge in [0.2, 0.25) is 5.91 Å². The van der Waals surface area contributed by atoms with E-state index in [2.05, 4.69) is 10.6 Å². The van der Waals surface area contributed by atoms with Gasteiger partial charge in [-0.2, -0.15) is 0 Å². The molecule has 0 aliphatic rings. The third-order valence-corrected chi connectivity index (χ3v) is 1.59. The van der Waals surface area contributed by atoms with Gasteiger partial charge in [-0.1, -0.05) is 0 Å². The zero-order chi connectivity index (χ0) is 12.8. The smallest absolute Gasteiger partial charge is 0.315 e. The number of aliphatic carboxylic acids is 1. The molecule has 1 unspecified atom stereocenters. The molecular formula is C8H15N3O5. The number of nitrogens with two attached hydrogens (primary N) is 1. The molecule has 8 heteroatoms. The lowest BCUT2D eigenvalue weighted by atomic mass is 10.0. The summed E-state index contributed by atoms with van der Waals surface area (Å²) in [6.45, 7) is 0.701. The highest BCUT2D eigenvalue weighted by Gasteiger charge is 2.24. The number of urea groups is 1. The van der Waals surface area contributed by atoms with E-state index in [9.17, 15) is 19.5 Å². The first-order chi connectivity index (χ1) is 7.23. The van der Waals surface area contributed by atoms with Gasteiger partial charge in [0.15, 0.2) is 0 Å². The first-order valence-electron chi connectivity index (χ1n) is 4.47. The number of nitrogens with one attached hydrogen (secondary N) is 2. The highest BCUT2D eigenvalue weighted by atomic mass is 16.4. The Labute approximate surface area is 91.8 Å². The predicted molar refractivity (Wildman–Crippen MR) is 53.5 cm³/mol. The standard InChI is InChI=1S/C8H15N3O5/c1-8(16,2-6(13)14)4-11-7(15)10-3-5(9)12/h16H,2-4H2,1H3,(H2,9,12)(H,13,14)(H2,10,11,15). The number of amides is 3. The Morgan fingerprint density at radius 2 is 1.88 bits per heavy atom. The van der Waals surface area contributed by atoms with E-state index in [0.29, 0.717) is 0 Å². The maximum absolute atomic E-state index is 11.0. The van der Waals surface area contributed by atoms with Crippen molar-refractivity contribution < 1.29 is 24.6 Å². The van der Waals surface area contributed by atoms with Gasteiger partial charge in [-0.25, -0.2) is 4.79 Å². The van der Waals surface area contributed by atoms with Gasteiger partial charge in [-0.15, -0.1) is 0 Å². The zero-order valence-electron chi connectivity index (χ0n) is 8.82. The van der Waals surface area contributed by atoms with Crippen LogP contribution in [-0.2, 0) is 9.59 Å². The number of carbonyl (C=O) groups excluding carboxylic acids is 2. The molecular weight excluding hydrogens is 218 g/mol. The van der Waals surface area contributed by atoms with Crippen LogP contribution in [0.4, 0.5) is 4.79 Å². The van der Waals surface area contributed by atoms with Gasteiger partial charge < -0.3 is 26.6 Å². The van der Waals surface area contributed by atoms with Crippen molar-refractivity contribution in [2.75, 3.05) is 13.1 Å². The van der Waals surface area contributed by atoms with Crippen LogP contribution < -0.4 is 16.4 Å². The van der Waals surface area contributed by atoms with Gasteiger partial charge in [0.25, 0.3) is 0 Å². The molecule has 0 rings (SSSR count). The summed E-state index contributed by atoms with van der Waals surface area (Å²) in [5.41, 5.74) is 3.23. The molecule has 0 bridgehead atoms. The molecule has 0 saturated carbocycles. The second-order valence-electron chi connectivity index (χ2n) is 3.57. The molecule has 0 aromatic carbocycles. The molecule has 0 aromatic heterocycles. The van der Waals surface area contributed by atoms with Crippen molar-refractivity contribution in [1.29, 1.82) is 0 Å². The molecule has 6 N–H and O–H groups in total. The summed E-state index contributed by atoms with van der Waals surface area (Å²) in [6.07, 6.45) is -0.497. The summed E-state index contributed by atoms with van der Waals surface area (Å²) < 4.78 is 0. The molecule has 0 spiro atoms. The Kier molecular flexibility index (Phi) is 5.23. The maximum atomic E-state index is 11.0. The fourth-order valence-electron chi connectivity index (χ4n) is 0.889. The molecule has 0 radical (unpaired) electrons. The lowest BCUT2D eigenvalue weighted by molar-refractivity contribution is -0.141. The Balaban J connectivity index is 3.90. The van der Waals surface area contributed by atoms with Gasteiger partial charge in [-0.3, -0.25) is 9.59 Å². The Bertz CT molecular complexity index is 289. The summed E-state index contributed by atoms with van der Waals surface area (Å²) in [4.78, 5) is 31.6. The number of primary amides is 1. The lowest BCUT2D eigenvalue weighted by Crippen LogP contribution is -2.47. The maximum Gasteiger partial charge on any atom is 0.315 e. The summed E-state index contributed by atoms with van der Waals surface area (Å²) in [5, 5.41) is 22.3. The van der Waals surface area contributed by atoms with Crippen molar-refractivity contribution in [3.8, 4) is 0 Å². The average Bonchev–Trinajstić information content (AvgIpc) is 2.09. The normalized spacial score (nSPS) is 13.6. The number of carboxylic acid groups (broad SMARTS) is 1. The fourth-order valence-corrected chi connectivity index (χ4v) is 0.889. The highest BCUT2D eigenvalue weighted by Crippen LogP contribution is 2.06. The largest absolute Gasteiger partial charge is 0.481 e. The van der Waals surface area contributed by atoms with Gasteiger partial charge in [-0.05, 0) is 6.92 Å². The SMILES string of the molecule is CC(O)(CNC(=O)NCC(N)=O)CC(=O)O. The van der Waals surface area contributed by atoms with E-state index in [1.165, 1.54) is 6.92 Å². The van der Waals surface area contributed by atoms with E-state index in [1.807, 2.05) is 0 Å². The molecule has 8 nitrogen and oxygen atoms in total. The van der Waals surface area contributed by atoms with E-state index in [0.717, 1.165) is 0 Å². The van der Waals surface area contributed by atoms with E-state index in [1.54, 1.807) is 0 Å². The second kappa shape index (κ2) is 5.91. The van der Waals surface area contributed by atoms with Crippen LogP contribution >= 0.6 is 0 Å².